The SMILES string of the molecule is C[C@@H]1O[C@@H](O[C@H]2[C@H](O[C@H]3CC[C@]4(C)[C@H]5C=CC6=C7[C@]8(CC[C@](C)(OC8=O)[C@@]7(C)O)CC[C@@]6(C)[C@]5(C)CC[C@H]4C3(C)C)O[C@H](CO)[C@@H](O)[C@@H]2O)[C@H](O)[C@H](O)[C@H]1O. The van der Waals surface area contributed by atoms with Crippen molar-refractivity contribution in [2.45, 2.75) is 185 Å². The Morgan fingerprint density at radius 2 is 1.47 bits per heavy atom. The van der Waals surface area contributed by atoms with Gasteiger partial charge in [-0.2, -0.15) is 0 Å². The largest absolute Gasteiger partial charge is 0.455 e. The van der Waals surface area contributed by atoms with Crippen LogP contribution in [0.15, 0.2) is 23.3 Å². The van der Waals surface area contributed by atoms with Crippen molar-refractivity contribution in [3.63, 3.8) is 0 Å². The molecular formula is C42H64O13. The maximum absolute atomic E-state index is 13.7. The van der Waals surface area contributed by atoms with Crippen LogP contribution in [0.3, 0.4) is 0 Å². The van der Waals surface area contributed by atoms with E-state index >= 15 is 0 Å². The van der Waals surface area contributed by atoms with E-state index in [2.05, 4.69) is 46.8 Å². The van der Waals surface area contributed by atoms with Crippen LogP contribution in [-0.2, 0) is 28.5 Å². The molecule has 1 spiro atoms. The lowest BCUT2D eigenvalue weighted by atomic mass is 9.35. The van der Waals surface area contributed by atoms with Crippen LogP contribution in [-0.4, -0.2) is 127 Å². The molecule has 4 heterocycles. The lowest BCUT2D eigenvalue weighted by Crippen LogP contribution is -2.71. The Kier molecular flexibility index (Phi) is 9.35. The Hall–Kier alpha value is -1.49. The molecule has 0 aromatic carbocycles. The highest BCUT2D eigenvalue weighted by Crippen LogP contribution is 2.75. The fourth-order valence-corrected chi connectivity index (χ4v) is 13.5. The fraction of sp³-hybridized carbons (Fsp3) is 0.881. The summed E-state index contributed by atoms with van der Waals surface area (Å²) in [5.74, 6) is 0.205. The molecule has 55 heavy (non-hydrogen) atoms. The zero-order valence-electron chi connectivity index (χ0n) is 33.6. The summed E-state index contributed by atoms with van der Waals surface area (Å²) < 4.78 is 30.6. The first-order valence-corrected chi connectivity index (χ1v) is 20.6. The maximum atomic E-state index is 13.7. The molecule has 9 aliphatic rings. The molecule has 0 aromatic heterocycles. The molecule has 0 radical (unpaired) electrons. The number of rotatable bonds is 5. The zero-order chi connectivity index (χ0) is 40.1. The van der Waals surface area contributed by atoms with E-state index in [9.17, 15) is 40.5 Å². The number of fused-ring (bicyclic) bond motifs is 7. The Morgan fingerprint density at radius 1 is 0.782 bits per heavy atom. The second kappa shape index (κ2) is 12.8. The summed E-state index contributed by atoms with van der Waals surface area (Å²) in [4.78, 5) is 13.7. The van der Waals surface area contributed by atoms with E-state index in [1.54, 1.807) is 0 Å². The van der Waals surface area contributed by atoms with Crippen molar-refractivity contribution < 1.29 is 64.2 Å². The van der Waals surface area contributed by atoms with E-state index < -0.39 is 90.1 Å². The molecule has 7 N–H and O–H groups in total. The molecule has 4 saturated heterocycles. The minimum atomic E-state index is -1.65. The van der Waals surface area contributed by atoms with Crippen LogP contribution in [0.5, 0.6) is 0 Å². The van der Waals surface area contributed by atoms with Gasteiger partial charge in [0.05, 0.1) is 24.2 Å². The molecule has 9 rings (SSSR count). The number of aliphatic hydroxyl groups excluding tert-OH is 6. The summed E-state index contributed by atoms with van der Waals surface area (Å²) in [5.41, 5.74) is -2.02. The minimum Gasteiger partial charge on any atom is -0.455 e. The first kappa shape index (κ1) is 40.3. The third-order valence-electron chi connectivity index (χ3n) is 17.4. The van der Waals surface area contributed by atoms with Crippen LogP contribution in [0.4, 0.5) is 0 Å². The van der Waals surface area contributed by atoms with Gasteiger partial charge in [-0.25, -0.2) is 0 Å². The molecule has 3 saturated carbocycles. The number of aliphatic hydroxyl groups is 7. The van der Waals surface area contributed by atoms with Crippen molar-refractivity contribution >= 4 is 5.97 Å². The zero-order valence-corrected chi connectivity index (χ0v) is 33.6. The molecule has 0 amide bonds. The number of carbonyl (C=O) groups excluding carboxylic acids is 1. The van der Waals surface area contributed by atoms with Gasteiger partial charge >= 0.3 is 5.97 Å². The molecule has 2 bridgehead atoms. The van der Waals surface area contributed by atoms with E-state index in [0.717, 1.165) is 36.8 Å². The summed E-state index contributed by atoms with van der Waals surface area (Å²) >= 11 is 0. The van der Waals surface area contributed by atoms with Crippen molar-refractivity contribution in [3.8, 4) is 0 Å². The molecule has 5 aliphatic carbocycles. The van der Waals surface area contributed by atoms with Gasteiger partial charge in [-0.3, -0.25) is 4.79 Å². The van der Waals surface area contributed by atoms with Gasteiger partial charge in [0, 0.05) is 0 Å². The lowest BCUT2D eigenvalue weighted by Gasteiger charge is -2.71. The highest BCUT2D eigenvalue weighted by molar-refractivity contribution is 5.86. The normalized spacial score (nSPS) is 56.9. The van der Waals surface area contributed by atoms with Crippen LogP contribution in [0.2, 0.25) is 0 Å². The van der Waals surface area contributed by atoms with E-state index in [-0.39, 0.29) is 40.2 Å². The summed E-state index contributed by atoms with van der Waals surface area (Å²) in [7, 11) is 0. The van der Waals surface area contributed by atoms with Gasteiger partial charge in [0.1, 0.15) is 53.9 Å². The van der Waals surface area contributed by atoms with Crippen LogP contribution in [0.25, 0.3) is 0 Å². The van der Waals surface area contributed by atoms with Crippen molar-refractivity contribution in [1.82, 2.24) is 0 Å². The van der Waals surface area contributed by atoms with Crippen molar-refractivity contribution in [2.24, 2.45) is 38.9 Å². The maximum Gasteiger partial charge on any atom is 0.317 e. The summed E-state index contributed by atoms with van der Waals surface area (Å²) in [6.07, 6.45) is -3.47. The van der Waals surface area contributed by atoms with Crippen molar-refractivity contribution in [2.75, 3.05) is 6.61 Å². The number of allylic oxidation sites excluding steroid dienone is 3. The van der Waals surface area contributed by atoms with Gasteiger partial charge in [0.15, 0.2) is 12.6 Å². The van der Waals surface area contributed by atoms with Gasteiger partial charge in [0.2, 0.25) is 0 Å². The molecule has 13 nitrogen and oxygen atoms in total. The van der Waals surface area contributed by atoms with Gasteiger partial charge in [0.25, 0.3) is 0 Å². The van der Waals surface area contributed by atoms with E-state index in [1.165, 1.54) is 6.92 Å². The van der Waals surface area contributed by atoms with E-state index in [4.69, 9.17) is 23.7 Å². The third kappa shape index (κ3) is 5.20. The van der Waals surface area contributed by atoms with Crippen molar-refractivity contribution in [1.29, 1.82) is 0 Å². The summed E-state index contributed by atoms with van der Waals surface area (Å²) in [6, 6.07) is 0. The van der Waals surface area contributed by atoms with Gasteiger partial charge in [-0.15, -0.1) is 0 Å². The average Bonchev–Trinajstić information content (AvgIpc) is 3.11. The van der Waals surface area contributed by atoms with Crippen LogP contribution in [0, 0.1) is 38.9 Å². The Bertz CT molecular complexity index is 1630. The predicted molar refractivity (Wildman–Crippen MR) is 196 cm³/mol. The molecule has 13 heteroatoms. The Morgan fingerprint density at radius 3 is 2.15 bits per heavy atom. The molecular weight excluding hydrogens is 712 g/mol. The fourth-order valence-electron chi connectivity index (χ4n) is 13.5. The third-order valence-corrected chi connectivity index (χ3v) is 17.4. The monoisotopic (exact) mass is 776 g/mol. The quantitative estimate of drug-likeness (QED) is 0.159. The number of ether oxygens (including phenoxy) is 5. The van der Waals surface area contributed by atoms with Gasteiger partial charge in [-0.05, 0) is 117 Å². The minimum absolute atomic E-state index is 0.139. The number of esters is 1. The standard InChI is InChI=1S/C42H64O13/c1-20-26(44)28(46)30(48)33(51-20)54-31-29(47)27(45)22(19-43)52-34(31)53-25-12-13-37(4)23(36(25,2)3)11-14-39(6)24(37)10-9-21-32-41(8,50)40(7)16-18-42(32,35(49)55-40)17-15-38(21,39)5/h9-10,20,22-31,33-34,43-48,50H,11-19H2,1-8H3/t20-,22+,23-,24+,25-,26-,27+,28+,29-,30+,31+,33-,34-,37-,38+,39+,40-,41-,42+/m0/s1. The summed E-state index contributed by atoms with van der Waals surface area (Å²) in [5, 5.41) is 75.9. The molecule has 0 unspecified atom stereocenters. The Labute approximate surface area is 324 Å². The second-order valence-corrected chi connectivity index (χ2v) is 20.2. The highest BCUT2D eigenvalue weighted by atomic mass is 16.8. The number of hydrogen-bond donors (Lipinski definition) is 7. The predicted octanol–water partition coefficient (Wildman–Crippen LogP) is 2.40. The smallest absolute Gasteiger partial charge is 0.317 e. The van der Waals surface area contributed by atoms with Crippen LogP contribution >= 0.6 is 0 Å². The molecule has 19 atom stereocenters. The second-order valence-electron chi connectivity index (χ2n) is 20.2. The first-order valence-electron chi connectivity index (χ1n) is 20.6. The number of hydrogen-bond acceptors (Lipinski definition) is 13. The Balaban J connectivity index is 1.09. The van der Waals surface area contributed by atoms with Crippen LogP contribution in [0.1, 0.15) is 107 Å². The summed E-state index contributed by atoms with van der Waals surface area (Å²) in [6.45, 7) is 16.3. The highest BCUT2D eigenvalue weighted by Gasteiger charge is 2.73. The molecule has 0 aromatic rings. The molecule has 4 aliphatic heterocycles. The van der Waals surface area contributed by atoms with E-state index in [0.29, 0.717) is 25.7 Å². The van der Waals surface area contributed by atoms with Gasteiger partial charge < -0.3 is 59.4 Å². The molecule has 7 fully saturated rings. The topological polar surface area (TPSA) is 205 Å². The van der Waals surface area contributed by atoms with Crippen molar-refractivity contribution in [3.05, 3.63) is 23.3 Å². The van der Waals surface area contributed by atoms with Gasteiger partial charge in [-0.1, -0.05) is 46.8 Å². The van der Waals surface area contributed by atoms with E-state index in [1.807, 2.05) is 13.8 Å². The number of carbonyl (C=O) groups is 1. The first-order chi connectivity index (χ1) is 25.5. The lowest BCUT2D eigenvalue weighted by molar-refractivity contribution is -0.376. The molecule has 310 valence electrons. The van der Waals surface area contributed by atoms with Crippen LogP contribution < -0.4 is 0 Å². The average molecular weight is 777 g/mol.